The number of aromatic nitrogens is 3. The summed E-state index contributed by atoms with van der Waals surface area (Å²) >= 11 is 0. The van der Waals surface area contributed by atoms with Crippen LogP contribution in [0.2, 0.25) is 0 Å². The molecule has 0 aliphatic carbocycles. The Bertz CT molecular complexity index is 2620. The zero-order valence-electron chi connectivity index (χ0n) is 33.1. The summed E-state index contributed by atoms with van der Waals surface area (Å²) in [5.41, 5.74) is 5.91. The monoisotopic (exact) mass is 816 g/mol. The van der Waals surface area contributed by atoms with Crippen LogP contribution in [-0.2, 0) is 14.4 Å². The van der Waals surface area contributed by atoms with Gasteiger partial charge < -0.3 is 18.9 Å². The molecule has 7 heterocycles. The Balaban J connectivity index is 0.883. The molecule has 16 heteroatoms. The van der Waals surface area contributed by atoms with Crippen LogP contribution >= 0.6 is 0 Å². The topological polar surface area (TPSA) is 154 Å². The lowest BCUT2D eigenvalue weighted by molar-refractivity contribution is -0.136. The van der Waals surface area contributed by atoms with Crippen molar-refractivity contribution in [3.8, 4) is 11.1 Å². The summed E-state index contributed by atoms with van der Waals surface area (Å²) in [7, 11) is 0. The summed E-state index contributed by atoms with van der Waals surface area (Å²) in [4.78, 5) is 77.0. The zero-order chi connectivity index (χ0) is 41.6. The van der Waals surface area contributed by atoms with Gasteiger partial charge in [0.1, 0.15) is 17.6 Å². The molecule has 308 valence electrons. The number of hydrogen-bond donors (Lipinski definition) is 1. The second-order valence-corrected chi connectivity index (χ2v) is 16.5. The highest BCUT2D eigenvalue weighted by Gasteiger charge is 2.45. The fourth-order valence-corrected chi connectivity index (χ4v) is 9.95. The molecule has 5 aliphatic rings. The molecule has 0 saturated carbocycles. The average Bonchev–Trinajstić information content (AvgIpc) is 3.84. The number of amides is 5. The molecule has 1 unspecified atom stereocenters. The van der Waals surface area contributed by atoms with Gasteiger partial charge in [0.15, 0.2) is 11.6 Å². The molecule has 5 aliphatic heterocycles. The van der Waals surface area contributed by atoms with Crippen molar-refractivity contribution in [1.29, 1.82) is 0 Å². The Kier molecular flexibility index (Phi) is 9.15. The van der Waals surface area contributed by atoms with E-state index in [-0.39, 0.29) is 35.9 Å². The van der Waals surface area contributed by atoms with Crippen LogP contribution in [0.4, 0.5) is 20.2 Å². The summed E-state index contributed by atoms with van der Waals surface area (Å²) < 4.78 is 36.4. The third kappa shape index (κ3) is 6.18. The van der Waals surface area contributed by atoms with E-state index in [1.54, 1.807) is 17.0 Å². The number of fused-ring (bicyclic) bond motifs is 2. The van der Waals surface area contributed by atoms with E-state index in [0.29, 0.717) is 42.6 Å². The lowest BCUT2D eigenvalue weighted by atomic mass is 9.95. The van der Waals surface area contributed by atoms with Gasteiger partial charge in [-0.25, -0.2) is 13.8 Å². The zero-order valence-corrected chi connectivity index (χ0v) is 33.1. The van der Waals surface area contributed by atoms with Crippen LogP contribution < -0.4 is 15.1 Å². The minimum atomic E-state index is -1.01. The van der Waals surface area contributed by atoms with Crippen molar-refractivity contribution in [2.75, 3.05) is 36.0 Å². The van der Waals surface area contributed by atoms with Crippen molar-refractivity contribution in [2.24, 2.45) is 0 Å². The van der Waals surface area contributed by atoms with E-state index in [1.165, 1.54) is 6.07 Å². The Labute approximate surface area is 343 Å². The predicted molar refractivity (Wildman–Crippen MR) is 214 cm³/mol. The van der Waals surface area contributed by atoms with Crippen LogP contribution in [0.25, 0.3) is 22.2 Å². The molecule has 2 atom stereocenters. The van der Waals surface area contributed by atoms with Crippen LogP contribution in [0, 0.1) is 25.5 Å². The second kappa shape index (κ2) is 14.5. The summed E-state index contributed by atoms with van der Waals surface area (Å²) in [6.45, 7) is 6.76. The van der Waals surface area contributed by atoms with Gasteiger partial charge in [-0.15, -0.1) is 0 Å². The number of piperidine rings is 3. The lowest BCUT2D eigenvalue weighted by Crippen LogP contribution is -2.56. The normalized spacial score (nSPS) is 21.9. The third-order valence-electron chi connectivity index (χ3n) is 13.0. The Morgan fingerprint density at radius 3 is 2.25 bits per heavy atom. The number of aryl methyl sites for hydroxylation is 2. The minimum Gasteiger partial charge on any atom is -0.371 e. The number of carbonyl (C=O) groups is 5. The molecular weight excluding hydrogens is 775 g/mol. The van der Waals surface area contributed by atoms with Crippen molar-refractivity contribution in [2.45, 2.75) is 83.0 Å². The highest BCUT2D eigenvalue weighted by Crippen LogP contribution is 2.42. The molecule has 14 nitrogen and oxygen atoms in total. The van der Waals surface area contributed by atoms with E-state index in [4.69, 9.17) is 9.51 Å². The average molecular weight is 817 g/mol. The van der Waals surface area contributed by atoms with Gasteiger partial charge in [-0.3, -0.25) is 39.1 Å². The number of carbonyl (C=O) groups excluding carboxylic acids is 5. The predicted octanol–water partition coefficient (Wildman–Crippen LogP) is 5.77. The maximum absolute atomic E-state index is 14.6. The first-order chi connectivity index (χ1) is 28.9. The third-order valence-corrected chi connectivity index (χ3v) is 13.0. The van der Waals surface area contributed by atoms with Gasteiger partial charge >= 0.3 is 0 Å². The highest BCUT2D eigenvalue weighted by atomic mass is 19.2. The molecule has 1 N–H and O–H groups in total. The van der Waals surface area contributed by atoms with Crippen molar-refractivity contribution >= 4 is 51.9 Å². The second-order valence-electron chi connectivity index (χ2n) is 16.5. The van der Waals surface area contributed by atoms with Gasteiger partial charge in [-0.1, -0.05) is 11.2 Å². The number of anilines is 2. The fourth-order valence-electron chi connectivity index (χ4n) is 9.95. The number of likely N-dealkylation sites (tertiary alicyclic amines) is 1. The number of nitrogens with one attached hydrogen (secondary N) is 1. The smallest absolute Gasteiger partial charge is 0.262 e. The number of benzene rings is 3. The molecule has 5 aromatic rings. The van der Waals surface area contributed by atoms with E-state index in [2.05, 4.69) is 30.9 Å². The molecule has 60 heavy (non-hydrogen) atoms. The minimum absolute atomic E-state index is 0.0457. The van der Waals surface area contributed by atoms with E-state index in [9.17, 15) is 32.8 Å². The first-order valence-corrected chi connectivity index (χ1v) is 20.5. The standard InChI is InChI=1S/C44H42F2N8O6/c1-23-40(24(2)60-49-23)25-6-11-35-34(18-25)47-41(36-4-3-5-39(56)52(36)28-8-10-32(45)33(46)20-28)53(35)29-21-51(22-29)26-14-16-50(17-15-26)27-7-9-30-31(19-27)44(59)54(43(30)58)37-12-13-38(55)48-42(37)57/h6-11,18-20,26,29,36-37H,3-5,12-17,21-22H2,1-2H3,(H,48,55,57)/t36-,37?/m0/s1. The molecule has 5 amide bonds. The molecular formula is C44H42F2N8O6. The molecule has 0 radical (unpaired) electrons. The Morgan fingerprint density at radius 1 is 0.750 bits per heavy atom. The van der Waals surface area contributed by atoms with E-state index in [1.807, 2.05) is 32.0 Å². The van der Waals surface area contributed by atoms with E-state index in [0.717, 1.165) is 89.6 Å². The quantitative estimate of drug-likeness (QED) is 0.200. The summed E-state index contributed by atoms with van der Waals surface area (Å²) in [5, 5.41) is 6.38. The molecule has 3 aromatic carbocycles. The van der Waals surface area contributed by atoms with Crippen LogP contribution in [0.5, 0.6) is 0 Å². The molecule has 4 fully saturated rings. The Hall–Kier alpha value is -6.29. The van der Waals surface area contributed by atoms with Gasteiger partial charge in [-0.2, -0.15) is 0 Å². The van der Waals surface area contributed by atoms with Gasteiger partial charge in [0.25, 0.3) is 11.8 Å². The number of imide groups is 2. The van der Waals surface area contributed by atoms with Crippen LogP contribution in [0.3, 0.4) is 0 Å². The van der Waals surface area contributed by atoms with Gasteiger partial charge in [0.2, 0.25) is 17.7 Å². The van der Waals surface area contributed by atoms with Gasteiger partial charge in [0, 0.05) is 68.1 Å². The van der Waals surface area contributed by atoms with Crippen molar-refractivity contribution in [3.63, 3.8) is 0 Å². The summed E-state index contributed by atoms with van der Waals surface area (Å²) in [6, 6.07) is 13.8. The molecule has 0 spiro atoms. The molecule has 0 bridgehead atoms. The molecule has 4 saturated heterocycles. The van der Waals surface area contributed by atoms with Gasteiger partial charge in [0.05, 0.1) is 39.9 Å². The maximum atomic E-state index is 14.6. The number of rotatable bonds is 7. The van der Waals surface area contributed by atoms with Crippen molar-refractivity contribution in [3.05, 3.63) is 94.6 Å². The number of nitrogens with zero attached hydrogens (tertiary/aromatic N) is 7. The molecule has 2 aromatic heterocycles. The van der Waals surface area contributed by atoms with E-state index < -0.39 is 47.3 Å². The van der Waals surface area contributed by atoms with Crippen LogP contribution in [0.15, 0.2) is 59.1 Å². The fraction of sp³-hybridized carbons (Fsp3) is 0.386. The van der Waals surface area contributed by atoms with E-state index >= 15 is 0 Å². The summed E-state index contributed by atoms with van der Waals surface area (Å²) in [5.74, 6) is -2.85. The van der Waals surface area contributed by atoms with Crippen molar-refractivity contribution in [1.82, 2.24) is 29.8 Å². The molecule has 10 rings (SSSR count). The van der Waals surface area contributed by atoms with Crippen molar-refractivity contribution < 1.29 is 37.3 Å². The SMILES string of the molecule is Cc1noc(C)c1-c1ccc2c(c1)nc([C@@H]1CCCC(=O)N1c1ccc(F)c(F)c1)n2C1CN(C2CCN(c3ccc4c(c3)C(=O)N(C3CCC(=O)NC3=O)C4=O)CC2)C1. The lowest BCUT2D eigenvalue weighted by Gasteiger charge is -2.48. The number of halogens is 2. The summed E-state index contributed by atoms with van der Waals surface area (Å²) in [6.07, 6.45) is 3.45. The first-order valence-electron chi connectivity index (χ1n) is 20.5. The first kappa shape index (κ1) is 37.9. The van der Waals surface area contributed by atoms with Crippen LogP contribution in [-0.4, -0.2) is 92.3 Å². The van der Waals surface area contributed by atoms with Gasteiger partial charge in [-0.05, 0) is 94.0 Å². The number of hydrogen-bond acceptors (Lipinski definition) is 10. The Morgan fingerprint density at radius 2 is 1.52 bits per heavy atom. The largest absolute Gasteiger partial charge is 0.371 e. The number of imidazole rings is 1. The highest BCUT2D eigenvalue weighted by molar-refractivity contribution is 6.23. The maximum Gasteiger partial charge on any atom is 0.262 e. The van der Waals surface area contributed by atoms with Crippen LogP contribution in [0.1, 0.15) is 95.0 Å².